The lowest BCUT2D eigenvalue weighted by atomic mass is 10.00. The van der Waals surface area contributed by atoms with Crippen molar-refractivity contribution in [3.05, 3.63) is 47.2 Å². The molecule has 3 rings (SSSR count). The van der Waals surface area contributed by atoms with Gasteiger partial charge in [0, 0.05) is 31.4 Å². The molecule has 1 aromatic heterocycles. The molecule has 1 aliphatic rings. The van der Waals surface area contributed by atoms with Gasteiger partial charge in [-0.05, 0) is 50.5 Å². The van der Waals surface area contributed by atoms with Gasteiger partial charge in [-0.15, -0.1) is 0 Å². The average molecular weight is 371 g/mol. The maximum Gasteiger partial charge on any atom is 0.189 e. The molecular weight excluding hydrogens is 340 g/mol. The SMILES string of the molecule is CSc1ncc(CNCCc2ccc(C)cc2)c(N2CCCC(C)C2)n1. The number of thioether (sulfide) groups is 1. The van der Waals surface area contributed by atoms with Crippen LogP contribution in [0.5, 0.6) is 0 Å². The molecule has 1 saturated heterocycles. The zero-order chi connectivity index (χ0) is 18.4. The molecule has 4 nitrogen and oxygen atoms in total. The molecular formula is C21H30N4S. The zero-order valence-corrected chi connectivity index (χ0v) is 17.0. The van der Waals surface area contributed by atoms with Crippen molar-refractivity contribution in [3.8, 4) is 0 Å². The molecule has 1 aliphatic heterocycles. The number of nitrogens with one attached hydrogen (secondary N) is 1. The van der Waals surface area contributed by atoms with Gasteiger partial charge in [0.25, 0.3) is 0 Å². The molecule has 0 amide bonds. The van der Waals surface area contributed by atoms with E-state index in [-0.39, 0.29) is 0 Å². The van der Waals surface area contributed by atoms with E-state index in [0.717, 1.165) is 49.5 Å². The maximum atomic E-state index is 4.83. The van der Waals surface area contributed by atoms with Gasteiger partial charge >= 0.3 is 0 Å². The highest BCUT2D eigenvalue weighted by Crippen LogP contribution is 2.26. The summed E-state index contributed by atoms with van der Waals surface area (Å²) in [7, 11) is 0. The number of piperidine rings is 1. The molecule has 1 N–H and O–H groups in total. The number of anilines is 1. The molecule has 2 aromatic rings. The van der Waals surface area contributed by atoms with Crippen molar-refractivity contribution in [2.24, 2.45) is 5.92 Å². The topological polar surface area (TPSA) is 41.1 Å². The van der Waals surface area contributed by atoms with Gasteiger partial charge in [0.2, 0.25) is 0 Å². The lowest BCUT2D eigenvalue weighted by Gasteiger charge is -2.33. The van der Waals surface area contributed by atoms with Crippen LogP contribution in [0.2, 0.25) is 0 Å². The number of aromatic nitrogens is 2. The van der Waals surface area contributed by atoms with Crippen molar-refractivity contribution >= 4 is 17.6 Å². The molecule has 5 heteroatoms. The molecule has 0 radical (unpaired) electrons. The van der Waals surface area contributed by atoms with Crippen LogP contribution in [-0.2, 0) is 13.0 Å². The van der Waals surface area contributed by atoms with Gasteiger partial charge in [-0.25, -0.2) is 9.97 Å². The molecule has 1 unspecified atom stereocenters. The quantitative estimate of drug-likeness (QED) is 0.452. The summed E-state index contributed by atoms with van der Waals surface area (Å²) in [6.07, 6.45) is 7.66. The number of hydrogen-bond acceptors (Lipinski definition) is 5. The molecule has 1 fully saturated rings. The first kappa shape index (κ1) is 19.2. The minimum absolute atomic E-state index is 0.735. The smallest absolute Gasteiger partial charge is 0.189 e. The fourth-order valence-electron chi connectivity index (χ4n) is 3.47. The van der Waals surface area contributed by atoms with Crippen molar-refractivity contribution in [2.75, 3.05) is 30.8 Å². The lowest BCUT2D eigenvalue weighted by Crippen LogP contribution is -2.36. The van der Waals surface area contributed by atoms with Crippen LogP contribution in [-0.4, -0.2) is 35.9 Å². The summed E-state index contributed by atoms with van der Waals surface area (Å²) in [6, 6.07) is 8.79. The molecule has 0 aliphatic carbocycles. The van der Waals surface area contributed by atoms with Crippen molar-refractivity contribution in [1.82, 2.24) is 15.3 Å². The first-order chi connectivity index (χ1) is 12.7. The highest BCUT2D eigenvalue weighted by molar-refractivity contribution is 7.98. The standard InChI is InChI=1S/C21H30N4S/c1-16-6-8-18(9-7-16)10-11-22-13-19-14-23-21(26-3)24-20(19)25-12-4-5-17(2)15-25/h6-9,14,17,22H,4-5,10-13,15H2,1-3H3. The number of hydrogen-bond donors (Lipinski definition) is 1. The summed E-state index contributed by atoms with van der Waals surface area (Å²) < 4.78 is 0. The van der Waals surface area contributed by atoms with Gasteiger partial charge in [0.1, 0.15) is 5.82 Å². The predicted octanol–water partition coefficient (Wildman–Crippen LogP) is 4.08. The van der Waals surface area contributed by atoms with E-state index in [2.05, 4.69) is 53.3 Å². The summed E-state index contributed by atoms with van der Waals surface area (Å²) in [5, 5.41) is 4.44. The molecule has 1 atom stereocenters. The van der Waals surface area contributed by atoms with Gasteiger partial charge in [0.05, 0.1) is 0 Å². The zero-order valence-electron chi connectivity index (χ0n) is 16.2. The van der Waals surface area contributed by atoms with Gasteiger partial charge in [-0.3, -0.25) is 0 Å². The second-order valence-electron chi connectivity index (χ2n) is 7.31. The fraction of sp³-hybridized carbons (Fsp3) is 0.524. The average Bonchev–Trinajstić information content (AvgIpc) is 2.66. The highest BCUT2D eigenvalue weighted by Gasteiger charge is 2.20. The largest absolute Gasteiger partial charge is 0.356 e. The van der Waals surface area contributed by atoms with E-state index in [1.807, 2.05) is 12.5 Å². The van der Waals surface area contributed by atoms with E-state index in [4.69, 9.17) is 4.98 Å². The summed E-state index contributed by atoms with van der Waals surface area (Å²) in [5.41, 5.74) is 3.90. The van der Waals surface area contributed by atoms with Crippen LogP contribution >= 0.6 is 11.8 Å². The Morgan fingerprint density at radius 2 is 2.08 bits per heavy atom. The molecule has 2 heterocycles. The van der Waals surface area contributed by atoms with Crippen LogP contribution in [0.3, 0.4) is 0 Å². The Kier molecular flexibility index (Phi) is 6.92. The third kappa shape index (κ3) is 5.21. The van der Waals surface area contributed by atoms with Gasteiger partial charge in [-0.2, -0.15) is 0 Å². The fourth-order valence-corrected chi connectivity index (χ4v) is 3.81. The van der Waals surface area contributed by atoms with Crippen LogP contribution in [0, 0.1) is 12.8 Å². The Balaban J connectivity index is 1.61. The Morgan fingerprint density at radius 3 is 2.81 bits per heavy atom. The normalized spacial score (nSPS) is 17.5. The minimum atomic E-state index is 0.735. The molecule has 26 heavy (non-hydrogen) atoms. The second-order valence-corrected chi connectivity index (χ2v) is 8.08. The Hall–Kier alpha value is -1.59. The Morgan fingerprint density at radius 1 is 1.27 bits per heavy atom. The van der Waals surface area contributed by atoms with E-state index < -0.39 is 0 Å². The van der Waals surface area contributed by atoms with E-state index >= 15 is 0 Å². The van der Waals surface area contributed by atoms with E-state index in [0.29, 0.717) is 0 Å². The molecule has 0 saturated carbocycles. The molecule has 1 aromatic carbocycles. The van der Waals surface area contributed by atoms with Crippen LogP contribution in [0.25, 0.3) is 0 Å². The first-order valence-electron chi connectivity index (χ1n) is 9.57. The summed E-state index contributed by atoms with van der Waals surface area (Å²) in [6.45, 7) is 8.45. The number of benzene rings is 1. The first-order valence-corrected chi connectivity index (χ1v) is 10.8. The number of aryl methyl sites for hydroxylation is 1. The van der Waals surface area contributed by atoms with E-state index in [9.17, 15) is 0 Å². The number of nitrogens with zero attached hydrogens (tertiary/aromatic N) is 3. The van der Waals surface area contributed by atoms with E-state index in [1.165, 1.54) is 29.5 Å². The van der Waals surface area contributed by atoms with Gasteiger partial charge < -0.3 is 10.2 Å². The number of rotatable bonds is 7. The van der Waals surface area contributed by atoms with E-state index in [1.54, 1.807) is 11.8 Å². The van der Waals surface area contributed by atoms with Crippen molar-refractivity contribution in [3.63, 3.8) is 0 Å². The monoisotopic (exact) mass is 370 g/mol. The third-order valence-corrected chi connectivity index (χ3v) is 5.55. The van der Waals surface area contributed by atoms with Crippen LogP contribution in [0.4, 0.5) is 5.82 Å². The minimum Gasteiger partial charge on any atom is -0.356 e. The van der Waals surface area contributed by atoms with Gasteiger partial charge in [-0.1, -0.05) is 48.5 Å². The highest BCUT2D eigenvalue weighted by atomic mass is 32.2. The van der Waals surface area contributed by atoms with Crippen molar-refractivity contribution in [2.45, 2.75) is 44.8 Å². The molecule has 0 bridgehead atoms. The molecule has 140 valence electrons. The Bertz CT molecular complexity index is 702. The lowest BCUT2D eigenvalue weighted by molar-refractivity contribution is 0.442. The second kappa shape index (κ2) is 9.38. The van der Waals surface area contributed by atoms with Crippen LogP contribution in [0.15, 0.2) is 35.6 Å². The Labute approximate surface area is 161 Å². The van der Waals surface area contributed by atoms with Gasteiger partial charge in [0.15, 0.2) is 5.16 Å². The summed E-state index contributed by atoms with van der Waals surface area (Å²) >= 11 is 1.61. The third-order valence-electron chi connectivity index (χ3n) is 4.99. The molecule has 0 spiro atoms. The summed E-state index contributed by atoms with van der Waals surface area (Å²) in [4.78, 5) is 11.8. The summed E-state index contributed by atoms with van der Waals surface area (Å²) in [5.74, 6) is 1.86. The predicted molar refractivity (Wildman–Crippen MR) is 111 cm³/mol. The van der Waals surface area contributed by atoms with Crippen molar-refractivity contribution in [1.29, 1.82) is 0 Å². The van der Waals surface area contributed by atoms with Crippen molar-refractivity contribution < 1.29 is 0 Å². The van der Waals surface area contributed by atoms with Crippen LogP contribution in [0.1, 0.15) is 36.5 Å². The maximum absolute atomic E-state index is 4.83. The van der Waals surface area contributed by atoms with Crippen LogP contribution < -0.4 is 10.2 Å².